The number of pyridine rings is 2. The van der Waals surface area contributed by atoms with Crippen LogP contribution in [0.25, 0.3) is 26.1 Å². The predicted octanol–water partition coefficient (Wildman–Crippen LogP) is 3.34. The smallest absolute Gasteiger partial charge is 0.192 e. The third-order valence-electron chi connectivity index (χ3n) is 5.23. The number of rotatable bonds is 1. The van der Waals surface area contributed by atoms with Gasteiger partial charge in [-0.3, -0.25) is 9.20 Å². The van der Waals surface area contributed by atoms with Gasteiger partial charge in [-0.15, -0.1) is 11.3 Å². The molecule has 1 aliphatic heterocycles. The van der Waals surface area contributed by atoms with E-state index >= 15 is 0 Å². The maximum Gasteiger partial charge on any atom is 0.192 e. The number of hydrogen-bond acceptors (Lipinski definition) is 5. The van der Waals surface area contributed by atoms with Crippen molar-refractivity contribution >= 4 is 43.2 Å². The second-order valence-electron chi connectivity index (χ2n) is 7.06. The number of aromatic nitrogens is 2. The van der Waals surface area contributed by atoms with Crippen LogP contribution in [-0.2, 0) is 0 Å². The number of nitrogens with zero attached hydrogens (tertiary/aromatic N) is 4. The van der Waals surface area contributed by atoms with E-state index in [2.05, 4.69) is 16.9 Å². The van der Waals surface area contributed by atoms with Crippen molar-refractivity contribution in [2.45, 2.75) is 6.42 Å². The van der Waals surface area contributed by atoms with Crippen molar-refractivity contribution in [2.24, 2.45) is 0 Å². The summed E-state index contributed by atoms with van der Waals surface area (Å²) in [4.78, 5) is 22.3. The molecule has 1 aromatic carbocycles. The second kappa shape index (κ2) is 6.28. The Kier molecular flexibility index (Phi) is 3.87. The number of fused-ring (bicyclic) bond motifs is 5. The predicted molar refractivity (Wildman–Crippen MR) is 109 cm³/mol. The third kappa shape index (κ3) is 2.69. The molecule has 1 fully saturated rings. The standard InChI is InChI=1S/C20H19FN4OS/c1-23-7-4-8-24(10-9-23)20-14(21)11-13-16(26)12-18-25(19(13)22-20)15-5-2-3-6-17(15)27-18/h2-3,5-6,11-12H,4,7-10H2,1H3. The number of benzene rings is 1. The number of halogens is 1. The summed E-state index contributed by atoms with van der Waals surface area (Å²) < 4.78 is 17.9. The average Bonchev–Trinajstić information content (AvgIpc) is 2.88. The third-order valence-corrected chi connectivity index (χ3v) is 6.30. The van der Waals surface area contributed by atoms with Gasteiger partial charge in [0.25, 0.3) is 0 Å². The van der Waals surface area contributed by atoms with Crippen molar-refractivity contribution in [1.29, 1.82) is 0 Å². The summed E-state index contributed by atoms with van der Waals surface area (Å²) >= 11 is 1.55. The Labute approximate surface area is 159 Å². The van der Waals surface area contributed by atoms with Crippen molar-refractivity contribution in [1.82, 2.24) is 14.3 Å². The highest BCUT2D eigenvalue weighted by Gasteiger charge is 2.20. The molecule has 0 bridgehead atoms. The molecule has 138 valence electrons. The molecule has 0 amide bonds. The summed E-state index contributed by atoms with van der Waals surface area (Å²) in [5, 5.41) is 0.323. The van der Waals surface area contributed by atoms with Gasteiger partial charge >= 0.3 is 0 Å². The van der Waals surface area contributed by atoms with E-state index < -0.39 is 5.82 Å². The molecule has 27 heavy (non-hydrogen) atoms. The molecule has 3 aromatic heterocycles. The molecular weight excluding hydrogens is 363 g/mol. The minimum atomic E-state index is -0.427. The van der Waals surface area contributed by atoms with E-state index in [9.17, 15) is 9.18 Å². The molecular formula is C20H19FN4OS. The molecule has 0 radical (unpaired) electrons. The summed E-state index contributed by atoms with van der Waals surface area (Å²) in [6.07, 6.45) is 0.960. The van der Waals surface area contributed by atoms with Gasteiger partial charge in [0.2, 0.25) is 0 Å². The van der Waals surface area contributed by atoms with Crippen LogP contribution in [0.3, 0.4) is 0 Å². The average molecular weight is 382 g/mol. The first-order chi connectivity index (χ1) is 13.1. The first-order valence-corrected chi connectivity index (χ1v) is 9.90. The van der Waals surface area contributed by atoms with Gasteiger partial charge in [-0.25, -0.2) is 9.37 Å². The van der Waals surface area contributed by atoms with Gasteiger partial charge in [0.15, 0.2) is 22.7 Å². The van der Waals surface area contributed by atoms with Crippen molar-refractivity contribution in [2.75, 3.05) is 38.1 Å². The van der Waals surface area contributed by atoms with Gasteiger partial charge in [0.05, 0.1) is 15.6 Å². The van der Waals surface area contributed by atoms with Crippen LogP contribution in [0.15, 0.2) is 41.2 Å². The molecule has 0 spiro atoms. The van der Waals surface area contributed by atoms with Crippen molar-refractivity contribution in [3.63, 3.8) is 0 Å². The van der Waals surface area contributed by atoms with E-state index in [4.69, 9.17) is 0 Å². The fraction of sp³-hybridized carbons (Fsp3) is 0.300. The first-order valence-electron chi connectivity index (χ1n) is 9.09. The Bertz CT molecular complexity index is 1230. The summed E-state index contributed by atoms with van der Waals surface area (Å²) in [6, 6.07) is 10.9. The molecule has 0 atom stereocenters. The number of hydrogen-bond donors (Lipinski definition) is 0. The van der Waals surface area contributed by atoms with Crippen LogP contribution in [0.4, 0.5) is 10.2 Å². The largest absolute Gasteiger partial charge is 0.353 e. The summed E-state index contributed by atoms with van der Waals surface area (Å²) in [5.74, 6) is -0.0869. The molecule has 0 N–H and O–H groups in total. The maximum atomic E-state index is 14.9. The van der Waals surface area contributed by atoms with Crippen molar-refractivity contribution < 1.29 is 4.39 Å². The summed E-state index contributed by atoms with van der Waals surface area (Å²) in [6.45, 7) is 3.34. The highest BCUT2D eigenvalue weighted by Crippen LogP contribution is 2.30. The fourth-order valence-corrected chi connectivity index (χ4v) is 4.89. The van der Waals surface area contributed by atoms with E-state index in [-0.39, 0.29) is 5.43 Å². The molecule has 5 rings (SSSR count). The molecule has 5 nitrogen and oxygen atoms in total. The van der Waals surface area contributed by atoms with Crippen molar-refractivity contribution in [3.05, 3.63) is 52.4 Å². The van der Waals surface area contributed by atoms with Gasteiger partial charge < -0.3 is 9.80 Å². The van der Waals surface area contributed by atoms with Crippen LogP contribution in [0.5, 0.6) is 0 Å². The summed E-state index contributed by atoms with van der Waals surface area (Å²) in [5.41, 5.74) is 1.33. The lowest BCUT2D eigenvalue weighted by molar-refractivity contribution is 0.360. The Morgan fingerprint density at radius 3 is 2.85 bits per heavy atom. The van der Waals surface area contributed by atoms with Gasteiger partial charge in [-0.2, -0.15) is 0 Å². The lowest BCUT2D eigenvalue weighted by Gasteiger charge is -2.22. The lowest BCUT2D eigenvalue weighted by atomic mass is 10.2. The van der Waals surface area contributed by atoms with Gasteiger partial charge in [0.1, 0.15) is 4.83 Å². The normalized spacial score (nSPS) is 16.4. The molecule has 1 saturated heterocycles. The van der Waals surface area contributed by atoms with Gasteiger partial charge in [-0.05, 0) is 38.2 Å². The van der Waals surface area contributed by atoms with E-state index in [1.807, 2.05) is 33.6 Å². The van der Waals surface area contributed by atoms with Crippen molar-refractivity contribution in [3.8, 4) is 0 Å². The van der Waals surface area contributed by atoms with Crippen LogP contribution in [0.2, 0.25) is 0 Å². The van der Waals surface area contributed by atoms with Crippen LogP contribution >= 0.6 is 11.3 Å². The highest BCUT2D eigenvalue weighted by molar-refractivity contribution is 7.24. The minimum Gasteiger partial charge on any atom is -0.353 e. The SMILES string of the molecule is CN1CCCN(c2nc3c(cc2F)c(=O)cc2sc4ccccc4n23)CC1. The zero-order valence-electron chi connectivity index (χ0n) is 15.0. The Morgan fingerprint density at radius 1 is 1.11 bits per heavy atom. The van der Waals surface area contributed by atoms with Gasteiger partial charge in [0, 0.05) is 25.7 Å². The Morgan fingerprint density at radius 2 is 1.96 bits per heavy atom. The van der Waals surface area contributed by atoms with E-state index in [0.29, 0.717) is 16.9 Å². The van der Waals surface area contributed by atoms with Crippen LogP contribution in [-0.4, -0.2) is 47.5 Å². The molecule has 4 aromatic rings. The molecule has 0 saturated carbocycles. The highest BCUT2D eigenvalue weighted by atomic mass is 32.1. The number of anilines is 1. The molecule has 4 heterocycles. The number of thiazole rings is 1. The molecule has 0 aliphatic carbocycles. The summed E-state index contributed by atoms with van der Waals surface area (Å²) in [7, 11) is 2.08. The Hall–Kier alpha value is -2.51. The topological polar surface area (TPSA) is 40.8 Å². The first kappa shape index (κ1) is 16.6. The maximum absolute atomic E-state index is 14.9. The van der Waals surface area contributed by atoms with Gasteiger partial charge in [-0.1, -0.05) is 12.1 Å². The van der Waals surface area contributed by atoms with E-state index in [1.54, 1.807) is 17.4 Å². The van der Waals surface area contributed by atoms with Crippen LogP contribution in [0, 0.1) is 5.82 Å². The zero-order chi connectivity index (χ0) is 18.5. The van der Waals surface area contributed by atoms with Crippen LogP contribution < -0.4 is 10.3 Å². The van der Waals surface area contributed by atoms with E-state index in [1.165, 1.54) is 6.07 Å². The van der Waals surface area contributed by atoms with Crippen LogP contribution in [0.1, 0.15) is 6.42 Å². The fourth-order valence-electron chi connectivity index (χ4n) is 3.81. The second-order valence-corrected chi connectivity index (χ2v) is 8.12. The monoisotopic (exact) mass is 382 g/mol. The lowest BCUT2D eigenvalue weighted by Crippen LogP contribution is -2.30. The molecule has 7 heteroatoms. The number of likely N-dealkylation sites (N-methyl/N-ethyl adjacent to an activating group) is 1. The molecule has 1 aliphatic rings. The molecule has 0 unspecified atom stereocenters. The quantitative estimate of drug-likeness (QED) is 0.506. The number of para-hydroxylation sites is 1. The zero-order valence-corrected chi connectivity index (χ0v) is 15.8. The van der Waals surface area contributed by atoms with E-state index in [0.717, 1.165) is 47.6 Å². The Balaban J connectivity index is 1.80. The minimum absolute atomic E-state index is 0.190.